The molecule has 0 bridgehead atoms. The normalized spacial score (nSPS) is 18.5. The van der Waals surface area contributed by atoms with Crippen LogP contribution in [0.15, 0.2) is 24.3 Å². The van der Waals surface area contributed by atoms with Gasteiger partial charge in [-0.1, -0.05) is 57.4 Å². The van der Waals surface area contributed by atoms with Gasteiger partial charge >= 0.3 is 0 Å². The molecule has 1 fully saturated rings. The van der Waals surface area contributed by atoms with Crippen LogP contribution in [0, 0.1) is 0 Å². The Morgan fingerprint density at radius 1 is 0.682 bits per heavy atom. The summed E-state index contributed by atoms with van der Waals surface area (Å²) in [5, 5.41) is 0. The monoisotopic (exact) mass is 308 g/mol. The van der Waals surface area contributed by atoms with Crippen molar-refractivity contribution in [2.24, 2.45) is 0 Å². The predicted octanol–water partition coefficient (Wildman–Crippen LogP) is 6.17. The minimum Gasteiger partial charge on any atom is -0.350 e. The van der Waals surface area contributed by atoms with Crippen LogP contribution in [0.4, 0.5) is 0 Å². The van der Waals surface area contributed by atoms with Crippen LogP contribution in [0.25, 0.3) is 0 Å². The number of rotatable bonds is 12. The van der Waals surface area contributed by atoms with E-state index in [2.05, 4.69) is 38.2 Å². The van der Waals surface area contributed by atoms with Gasteiger partial charge in [-0.3, -0.25) is 0 Å². The fourth-order valence-electron chi connectivity index (χ4n) is 2.85. The van der Waals surface area contributed by atoms with Crippen LogP contribution in [0.1, 0.15) is 84.5 Å². The lowest BCUT2D eigenvalue weighted by Crippen LogP contribution is -2.38. The van der Waals surface area contributed by atoms with Gasteiger partial charge in [0.15, 0.2) is 5.79 Å². The van der Waals surface area contributed by atoms with Crippen LogP contribution < -0.4 is 0 Å². The highest BCUT2D eigenvalue weighted by molar-refractivity contribution is 4.83. The van der Waals surface area contributed by atoms with E-state index in [0.29, 0.717) is 0 Å². The number of allylic oxidation sites excluding steroid dienone is 2. The standard InChI is InChI=1S/C20H36O2/c1-3-5-7-9-14-18-21-20(16-12-11-13-17-20)22-19-15-10-8-6-4-2/h7-10H,3-6,11-19H2,1-2H3/b9-7+,10-8+. The fourth-order valence-corrected chi connectivity index (χ4v) is 2.85. The average molecular weight is 309 g/mol. The summed E-state index contributed by atoms with van der Waals surface area (Å²) in [5.74, 6) is -0.296. The fraction of sp³-hybridized carbons (Fsp3) is 0.800. The molecule has 1 aliphatic carbocycles. The van der Waals surface area contributed by atoms with E-state index < -0.39 is 0 Å². The number of unbranched alkanes of at least 4 members (excludes halogenated alkanes) is 2. The van der Waals surface area contributed by atoms with Crippen LogP contribution in [0.5, 0.6) is 0 Å². The zero-order valence-corrected chi connectivity index (χ0v) is 14.8. The first-order valence-corrected chi connectivity index (χ1v) is 9.41. The Morgan fingerprint density at radius 3 is 1.59 bits per heavy atom. The van der Waals surface area contributed by atoms with E-state index in [-0.39, 0.29) is 5.79 Å². The van der Waals surface area contributed by atoms with Gasteiger partial charge < -0.3 is 9.47 Å². The van der Waals surface area contributed by atoms with Crippen molar-refractivity contribution in [3.63, 3.8) is 0 Å². The van der Waals surface area contributed by atoms with Crippen molar-refractivity contribution < 1.29 is 9.47 Å². The van der Waals surface area contributed by atoms with Gasteiger partial charge in [-0.25, -0.2) is 0 Å². The summed E-state index contributed by atoms with van der Waals surface area (Å²) >= 11 is 0. The van der Waals surface area contributed by atoms with Gasteiger partial charge in [0.2, 0.25) is 0 Å². The second-order valence-corrected chi connectivity index (χ2v) is 6.27. The average Bonchev–Trinajstić information content (AvgIpc) is 2.55. The molecular formula is C20H36O2. The van der Waals surface area contributed by atoms with Gasteiger partial charge in [-0.15, -0.1) is 0 Å². The molecule has 1 saturated carbocycles. The summed E-state index contributed by atoms with van der Waals surface area (Å²) in [5.41, 5.74) is 0. The molecule has 0 heterocycles. The lowest BCUT2D eigenvalue weighted by atomic mass is 9.94. The second kappa shape index (κ2) is 12.9. The van der Waals surface area contributed by atoms with Crippen molar-refractivity contribution in [3.05, 3.63) is 24.3 Å². The van der Waals surface area contributed by atoms with Gasteiger partial charge in [0, 0.05) is 12.8 Å². The molecule has 22 heavy (non-hydrogen) atoms. The third kappa shape index (κ3) is 8.75. The second-order valence-electron chi connectivity index (χ2n) is 6.27. The number of hydrogen-bond acceptors (Lipinski definition) is 2. The summed E-state index contributed by atoms with van der Waals surface area (Å²) in [6.07, 6.45) is 21.7. The maximum Gasteiger partial charge on any atom is 0.168 e. The maximum absolute atomic E-state index is 6.18. The van der Waals surface area contributed by atoms with Crippen molar-refractivity contribution in [2.75, 3.05) is 13.2 Å². The molecule has 0 aliphatic heterocycles. The lowest BCUT2D eigenvalue weighted by molar-refractivity contribution is -0.251. The first-order valence-electron chi connectivity index (χ1n) is 9.41. The number of hydrogen-bond donors (Lipinski definition) is 0. The molecule has 0 atom stereocenters. The van der Waals surface area contributed by atoms with Crippen molar-refractivity contribution in [3.8, 4) is 0 Å². The zero-order chi connectivity index (χ0) is 15.9. The summed E-state index contributed by atoms with van der Waals surface area (Å²) in [6, 6.07) is 0. The first kappa shape index (κ1) is 19.4. The third-order valence-corrected chi connectivity index (χ3v) is 4.16. The highest BCUT2D eigenvalue weighted by Crippen LogP contribution is 2.33. The molecule has 2 nitrogen and oxygen atoms in total. The molecule has 1 rings (SSSR count). The van der Waals surface area contributed by atoms with Gasteiger partial charge in [-0.2, -0.15) is 0 Å². The van der Waals surface area contributed by atoms with Crippen molar-refractivity contribution in [2.45, 2.75) is 90.3 Å². The Labute approximate surface area is 138 Å². The largest absolute Gasteiger partial charge is 0.350 e. The smallest absolute Gasteiger partial charge is 0.168 e. The minimum absolute atomic E-state index is 0.296. The molecule has 0 saturated heterocycles. The zero-order valence-electron chi connectivity index (χ0n) is 14.8. The molecule has 0 radical (unpaired) electrons. The SMILES string of the molecule is CCC/C=C/CCOC1(OCC/C=C/CCC)CCCCC1. The lowest BCUT2D eigenvalue weighted by Gasteiger charge is -2.37. The Bertz CT molecular complexity index is 277. The topological polar surface area (TPSA) is 18.5 Å². The van der Waals surface area contributed by atoms with Crippen molar-refractivity contribution >= 4 is 0 Å². The van der Waals surface area contributed by atoms with Gasteiger partial charge in [0.1, 0.15) is 0 Å². The minimum atomic E-state index is -0.296. The van der Waals surface area contributed by atoms with Crippen LogP contribution in [-0.4, -0.2) is 19.0 Å². The molecule has 1 aliphatic rings. The van der Waals surface area contributed by atoms with Crippen LogP contribution in [0.2, 0.25) is 0 Å². The molecule has 0 aromatic rings. The van der Waals surface area contributed by atoms with E-state index in [4.69, 9.17) is 9.47 Å². The number of ether oxygens (including phenoxy) is 2. The van der Waals surface area contributed by atoms with Crippen LogP contribution in [0.3, 0.4) is 0 Å². The van der Waals surface area contributed by atoms with Crippen molar-refractivity contribution in [1.82, 2.24) is 0 Å². The van der Waals surface area contributed by atoms with Gasteiger partial charge in [-0.05, 0) is 38.5 Å². The Balaban J connectivity index is 2.28. The molecule has 0 aromatic heterocycles. The third-order valence-electron chi connectivity index (χ3n) is 4.16. The highest BCUT2D eigenvalue weighted by Gasteiger charge is 2.33. The molecule has 128 valence electrons. The quantitative estimate of drug-likeness (QED) is 0.244. The van der Waals surface area contributed by atoms with E-state index in [1.807, 2.05) is 0 Å². The Kier molecular flexibility index (Phi) is 11.4. The maximum atomic E-state index is 6.18. The predicted molar refractivity (Wildman–Crippen MR) is 95.1 cm³/mol. The molecule has 0 N–H and O–H groups in total. The summed E-state index contributed by atoms with van der Waals surface area (Å²) in [4.78, 5) is 0. The molecule has 2 heteroatoms. The highest BCUT2D eigenvalue weighted by atomic mass is 16.7. The molecule has 0 spiro atoms. The summed E-state index contributed by atoms with van der Waals surface area (Å²) in [6.45, 7) is 5.99. The molecule has 0 amide bonds. The molecule has 0 unspecified atom stereocenters. The summed E-state index contributed by atoms with van der Waals surface area (Å²) in [7, 11) is 0. The van der Waals surface area contributed by atoms with Gasteiger partial charge in [0.05, 0.1) is 13.2 Å². The van der Waals surface area contributed by atoms with Gasteiger partial charge in [0.25, 0.3) is 0 Å². The van der Waals surface area contributed by atoms with E-state index in [9.17, 15) is 0 Å². The van der Waals surface area contributed by atoms with Crippen LogP contribution >= 0.6 is 0 Å². The molecular weight excluding hydrogens is 272 g/mol. The summed E-state index contributed by atoms with van der Waals surface area (Å²) < 4.78 is 12.4. The van der Waals surface area contributed by atoms with Crippen molar-refractivity contribution in [1.29, 1.82) is 0 Å². The molecule has 0 aromatic carbocycles. The van der Waals surface area contributed by atoms with E-state index in [0.717, 1.165) is 38.9 Å². The first-order chi connectivity index (χ1) is 10.8. The Morgan fingerprint density at radius 2 is 1.14 bits per heavy atom. The van der Waals surface area contributed by atoms with E-state index in [1.165, 1.54) is 44.9 Å². The van der Waals surface area contributed by atoms with E-state index in [1.54, 1.807) is 0 Å². The van der Waals surface area contributed by atoms with E-state index >= 15 is 0 Å². The Hall–Kier alpha value is -0.600. The van der Waals surface area contributed by atoms with Crippen LogP contribution in [-0.2, 0) is 9.47 Å².